The van der Waals surface area contributed by atoms with Crippen molar-refractivity contribution >= 4 is 39.3 Å². The van der Waals surface area contributed by atoms with Crippen LogP contribution >= 0.6 is 11.3 Å². The predicted molar refractivity (Wildman–Crippen MR) is 123 cm³/mol. The lowest BCUT2D eigenvalue weighted by Gasteiger charge is -2.29. The van der Waals surface area contributed by atoms with Gasteiger partial charge in [-0.05, 0) is 47.2 Å². The van der Waals surface area contributed by atoms with Crippen LogP contribution in [0.1, 0.15) is 28.8 Å². The fraction of sp³-hybridized carbons (Fsp3) is 0.208. The first kappa shape index (κ1) is 19.8. The summed E-state index contributed by atoms with van der Waals surface area (Å²) >= 11 is 1.61. The number of thiophene rings is 1. The van der Waals surface area contributed by atoms with Crippen LogP contribution in [0.15, 0.2) is 48.1 Å². The van der Waals surface area contributed by atoms with Crippen molar-refractivity contribution in [3.8, 4) is 22.4 Å². The summed E-state index contributed by atoms with van der Waals surface area (Å²) in [7, 11) is 1.90. The third-order valence-corrected chi connectivity index (χ3v) is 7.19. The molecule has 3 aromatic heterocycles. The number of nitrogens with zero attached hydrogens (tertiary/aromatic N) is 4. The third-order valence-electron chi connectivity index (χ3n) is 6.35. The smallest absolute Gasteiger partial charge is 0.255 e. The minimum atomic E-state index is -0.622. The Labute approximate surface area is 192 Å². The number of imide groups is 1. The van der Waals surface area contributed by atoms with Gasteiger partial charge in [0.05, 0.1) is 11.9 Å². The second-order valence-corrected chi connectivity index (χ2v) is 9.24. The summed E-state index contributed by atoms with van der Waals surface area (Å²) in [6, 6.07) is 9.27. The largest absolute Gasteiger partial charge is 0.322 e. The normalized spacial score (nSPS) is 18.2. The second-order valence-electron chi connectivity index (χ2n) is 8.34. The van der Waals surface area contributed by atoms with Crippen LogP contribution in [0.4, 0.5) is 0 Å². The molecule has 0 aliphatic carbocycles. The van der Waals surface area contributed by atoms with Crippen molar-refractivity contribution < 1.29 is 14.4 Å². The number of benzene rings is 1. The van der Waals surface area contributed by atoms with Gasteiger partial charge >= 0.3 is 0 Å². The summed E-state index contributed by atoms with van der Waals surface area (Å²) in [5.74, 6) is -0.870. The number of aromatic nitrogens is 3. The molecule has 1 fully saturated rings. The number of hydrogen-bond acceptors (Lipinski definition) is 6. The molecule has 0 radical (unpaired) electrons. The number of carbonyl (C=O) groups excluding carboxylic acids is 3. The van der Waals surface area contributed by atoms with Gasteiger partial charge < -0.3 is 4.90 Å². The molecule has 2 aliphatic rings. The van der Waals surface area contributed by atoms with Gasteiger partial charge in [0.15, 0.2) is 0 Å². The highest BCUT2D eigenvalue weighted by Gasteiger charge is 2.39. The number of pyridine rings is 1. The zero-order valence-electron chi connectivity index (χ0n) is 17.7. The monoisotopic (exact) mass is 457 g/mol. The van der Waals surface area contributed by atoms with Crippen LogP contribution in [0.2, 0.25) is 0 Å². The van der Waals surface area contributed by atoms with Gasteiger partial charge in [0.2, 0.25) is 11.8 Å². The Morgan fingerprint density at radius 3 is 2.79 bits per heavy atom. The van der Waals surface area contributed by atoms with Gasteiger partial charge in [0, 0.05) is 48.3 Å². The molecule has 6 rings (SSSR count). The van der Waals surface area contributed by atoms with Crippen LogP contribution in [-0.4, -0.2) is 43.4 Å². The van der Waals surface area contributed by atoms with Crippen molar-refractivity contribution in [2.45, 2.75) is 25.4 Å². The van der Waals surface area contributed by atoms with E-state index in [2.05, 4.69) is 27.5 Å². The highest BCUT2D eigenvalue weighted by atomic mass is 32.1. The molecule has 0 spiro atoms. The zero-order chi connectivity index (χ0) is 22.7. The van der Waals surface area contributed by atoms with Crippen molar-refractivity contribution in [1.82, 2.24) is 25.0 Å². The average Bonchev–Trinajstić information content (AvgIpc) is 3.50. The average molecular weight is 458 g/mol. The molecule has 3 amide bonds. The number of amides is 3. The molecule has 1 aromatic carbocycles. The maximum Gasteiger partial charge on any atom is 0.255 e. The van der Waals surface area contributed by atoms with Crippen LogP contribution in [0.25, 0.3) is 32.6 Å². The minimum absolute atomic E-state index is 0.176. The summed E-state index contributed by atoms with van der Waals surface area (Å²) in [5.41, 5.74) is 5.27. The number of nitrogens with one attached hydrogen (secondary N) is 1. The topological polar surface area (TPSA) is 97.2 Å². The van der Waals surface area contributed by atoms with E-state index in [4.69, 9.17) is 0 Å². The summed E-state index contributed by atoms with van der Waals surface area (Å²) in [6.45, 7) is 0.340. The van der Waals surface area contributed by atoms with Crippen molar-refractivity contribution in [3.05, 3.63) is 59.2 Å². The van der Waals surface area contributed by atoms with E-state index in [0.717, 1.165) is 38.2 Å². The number of piperidine rings is 1. The first-order valence-electron chi connectivity index (χ1n) is 10.6. The Kier molecular flexibility index (Phi) is 4.41. The van der Waals surface area contributed by atoms with Crippen molar-refractivity contribution in [1.29, 1.82) is 0 Å². The van der Waals surface area contributed by atoms with E-state index in [1.807, 2.05) is 47.7 Å². The molecule has 1 saturated heterocycles. The van der Waals surface area contributed by atoms with Crippen LogP contribution in [0.5, 0.6) is 0 Å². The van der Waals surface area contributed by atoms with Gasteiger partial charge in [-0.2, -0.15) is 5.10 Å². The van der Waals surface area contributed by atoms with Crippen LogP contribution in [0, 0.1) is 0 Å². The molecule has 4 aromatic rings. The van der Waals surface area contributed by atoms with Crippen LogP contribution in [-0.2, 0) is 23.2 Å². The van der Waals surface area contributed by atoms with Gasteiger partial charge in [-0.15, -0.1) is 11.3 Å². The quantitative estimate of drug-likeness (QED) is 0.477. The summed E-state index contributed by atoms with van der Waals surface area (Å²) < 4.78 is 1.83. The zero-order valence-corrected chi connectivity index (χ0v) is 18.6. The van der Waals surface area contributed by atoms with E-state index in [0.29, 0.717) is 18.5 Å². The molecule has 0 bridgehead atoms. The first-order chi connectivity index (χ1) is 16.0. The van der Waals surface area contributed by atoms with Crippen LogP contribution < -0.4 is 5.32 Å². The van der Waals surface area contributed by atoms with Gasteiger partial charge in [0.25, 0.3) is 5.91 Å². The molecule has 0 saturated carbocycles. The SMILES string of the molecule is Cn1ncc(-c2ccc3c(c2)CN([C@H]2CCC(=O)NC2=O)C3=O)c1-c1cnc2sccc2c1. The fourth-order valence-corrected chi connectivity index (χ4v) is 5.44. The van der Waals surface area contributed by atoms with Crippen molar-refractivity contribution in [3.63, 3.8) is 0 Å². The molecule has 0 unspecified atom stereocenters. The number of carbonyl (C=O) groups is 3. The highest BCUT2D eigenvalue weighted by Crippen LogP contribution is 2.36. The Hall–Kier alpha value is -3.85. The summed E-state index contributed by atoms with van der Waals surface area (Å²) in [5, 5.41) is 9.93. The summed E-state index contributed by atoms with van der Waals surface area (Å²) in [6.07, 6.45) is 4.27. The van der Waals surface area contributed by atoms with E-state index >= 15 is 0 Å². The predicted octanol–water partition coefficient (Wildman–Crippen LogP) is 3.12. The molecule has 164 valence electrons. The van der Waals surface area contributed by atoms with Gasteiger partial charge in [-0.25, -0.2) is 4.98 Å². The Morgan fingerprint density at radius 1 is 1.06 bits per heavy atom. The lowest BCUT2D eigenvalue weighted by atomic mass is 9.98. The second kappa shape index (κ2) is 7.35. The molecule has 9 heteroatoms. The van der Waals surface area contributed by atoms with E-state index in [9.17, 15) is 14.4 Å². The fourth-order valence-electron chi connectivity index (χ4n) is 4.72. The van der Waals surface area contributed by atoms with Crippen LogP contribution in [0.3, 0.4) is 0 Å². The molecular formula is C24H19N5O3S. The molecule has 2 aliphatic heterocycles. The van der Waals surface area contributed by atoms with Gasteiger partial charge in [-0.3, -0.25) is 24.4 Å². The number of rotatable bonds is 3. The number of hydrogen-bond donors (Lipinski definition) is 1. The van der Waals surface area contributed by atoms with E-state index in [1.54, 1.807) is 16.2 Å². The summed E-state index contributed by atoms with van der Waals surface area (Å²) in [4.78, 5) is 43.9. The highest BCUT2D eigenvalue weighted by molar-refractivity contribution is 7.16. The molecular weight excluding hydrogens is 438 g/mol. The first-order valence-corrected chi connectivity index (χ1v) is 11.5. The Bertz CT molecular complexity index is 1470. The Balaban J connectivity index is 1.36. The minimum Gasteiger partial charge on any atom is -0.322 e. The van der Waals surface area contributed by atoms with Gasteiger partial charge in [0.1, 0.15) is 10.9 Å². The Morgan fingerprint density at radius 2 is 1.94 bits per heavy atom. The molecule has 33 heavy (non-hydrogen) atoms. The third kappa shape index (κ3) is 3.15. The van der Waals surface area contributed by atoms with E-state index in [1.165, 1.54) is 0 Å². The lowest BCUT2D eigenvalue weighted by Crippen LogP contribution is -2.52. The molecule has 5 heterocycles. The van der Waals surface area contributed by atoms with E-state index < -0.39 is 11.9 Å². The van der Waals surface area contributed by atoms with Crippen molar-refractivity contribution in [2.75, 3.05) is 0 Å². The molecule has 8 nitrogen and oxygen atoms in total. The molecule has 1 N–H and O–H groups in total. The maximum absolute atomic E-state index is 13.0. The van der Waals surface area contributed by atoms with Gasteiger partial charge in [-0.1, -0.05) is 6.07 Å². The number of aryl methyl sites for hydroxylation is 1. The van der Waals surface area contributed by atoms with Crippen molar-refractivity contribution in [2.24, 2.45) is 7.05 Å². The lowest BCUT2D eigenvalue weighted by molar-refractivity contribution is -0.136. The maximum atomic E-state index is 13.0. The number of fused-ring (bicyclic) bond motifs is 2. The molecule has 1 atom stereocenters. The standard InChI is InChI=1S/C24H19N5O3S/c1-28-21(15-9-14-6-7-33-23(14)25-10-15)18(11-26-28)13-2-3-17-16(8-13)12-29(24(17)32)19-4-5-20(30)27-22(19)31/h2-3,6-11,19H,4-5,12H2,1H3,(H,27,30,31)/t19-/m0/s1. The van der Waals surface area contributed by atoms with E-state index in [-0.39, 0.29) is 18.2 Å².